The number of hydrogen-bond donors (Lipinski definition) is 4. The minimum absolute atomic E-state index is 0.0421. The van der Waals surface area contributed by atoms with Crippen molar-refractivity contribution < 1.29 is 65.6 Å². The van der Waals surface area contributed by atoms with Crippen molar-refractivity contribution in [1.29, 1.82) is 0 Å². The van der Waals surface area contributed by atoms with Crippen molar-refractivity contribution in [2.75, 3.05) is 4.72 Å². The number of aliphatic hydroxyl groups excluding tert-OH is 1. The van der Waals surface area contributed by atoms with E-state index < -0.39 is 73.0 Å². The first-order chi connectivity index (χ1) is 39.1. The monoisotopic (exact) mass is 1190 g/mol. The molecule has 6 aliphatic rings. The Hall–Kier alpha value is -5.71. The molecule has 0 spiro atoms. The van der Waals surface area contributed by atoms with Gasteiger partial charge in [-0.2, -0.15) is 21.6 Å². The van der Waals surface area contributed by atoms with Gasteiger partial charge < -0.3 is 24.8 Å². The highest BCUT2D eigenvalue weighted by atomic mass is 32.2. The molecule has 1 aliphatic heterocycles. The molecule has 12 atom stereocenters. The molecule has 0 radical (unpaired) electrons. The number of esters is 2. The van der Waals surface area contributed by atoms with Crippen LogP contribution in [0.4, 0.5) is 18.9 Å². The SMILES string of the molecule is C=C(C)[C@@H]1CC[C@]2(C(=O)O)CC[C@]3(C)[C@H](CC[C@@H]4[C@@]5(C)CC[C@H](OC(=O)CC(C)(C)C(=O)O)C(C)(C)[C@@H]5CC[C@]43C)[C@@H]12.CCC[C@@]1(CCc2ccccc2)CC(O)=C([C@H](CC)c2cccc(NS(=O)(=O)c3ccc(C(F)(F)F)cn3)c2)C(=O)O1. The zero-order valence-electron chi connectivity index (χ0n) is 50.8. The topological polar surface area (TPSA) is 206 Å². The van der Waals surface area contributed by atoms with E-state index in [2.05, 4.69) is 57.8 Å². The molecule has 0 amide bonds. The lowest BCUT2D eigenvalue weighted by molar-refractivity contribution is -0.250. The van der Waals surface area contributed by atoms with Crippen molar-refractivity contribution in [3.63, 3.8) is 0 Å². The molecule has 0 saturated heterocycles. The van der Waals surface area contributed by atoms with Crippen molar-refractivity contribution in [2.45, 2.75) is 207 Å². The van der Waals surface area contributed by atoms with Gasteiger partial charge in [-0.15, -0.1) is 0 Å². The number of benzene rings is 2. The average Bonchev–Trinajstić information content (AvgIpc) is 1.01. The summed E-state index contributed by atoms with van der Waals surface area (Å²) in [6.07, 6.45) is 8.37. The summed E-state index contributed by atoms with van der Waals surface area (Å²) < 4.78 is 78.7. The van der Waals surface area contributed by atoms with E-state index in [1.807, 2.05) is 44.2 Å². The van der Waals surface area contributed by atoms with Crippen LogP contribution < -0.4 is 4.72 Å². The molecule has 2 aromatic carbocycles. The van der Waals surface area contributed by atoms with Gasteiger partial charge in [0.1, 0.15) is 17.5 Å². The van der Waals surface area contributed by atoms with E-state index in [-0.39, 0.29) is 63.5 Å². The maximum absolute atomic E-state index is 13.4. The Morgan fingerprint density at radius 3 is 2.15 bits per heavy atom. The number of ether oxygens (including phenoxy) is 2. The number of carboxylic acids is 2. The highest BCUT2D eigenvalue weighted by Gasteiger charge is 2.72. The predicted octanol–water partition coefficient (Wildman–Crippen LogP) is 15.5. The molecule has 84 heavy (non-hydrogen) atoms. The lowest BCUT2D eigenvalue weighted by atomic mass is 9.32. The van der Waals surface area contributed by atoms with Crippen molar-refractivity contribution >= 4 is 39.6 Å². The van der Waals surface area contributed by atoms with Gasteiger partial charge in [-0.1, -0.05) is 110 Å². The first kappa shape index (κ1) is 64.3. The Balaban J connectivity index is 0.000000219. The number of carboxylic acid groups (broad SMARTS) is 2. The fourth-order valence-corrected chi connectivity index (χ4v) is 18.7. The zero-order chi connectivity index (χ0) is 61.8. The van der Waals surface area contributed by atoms with E-state index in [0.29, 0.717) is 67.2 Å². The summed E-state index contributed by atoms with van der Waals surface area (Å²) in [5, 5.41) is 30.8. The van der Waals surface area contributed by atoms with Crippen LogP contribution in [0.2, 0.25) is 0 Å². The van der Waals surface area contributed by atoms with Gasteiger partial charge in [0.15, 0.2) is 5.03 Å². The van der Waals surface area contributed by atoms with Gasteiger partial charge in [-0.25, -0.2) is 9.78 Å². The molecule has 9 rings (SSSR count). The Morgan fingerprint density at radius 1 is 0.857 bits per heavy atom. The minimum Gasteiger partial charge on any atom is -0.512 e. The minimum atomic E-state index is -4.65. The maximum atomic E-state index is 13.4. The number of sulfonamides is 1. The van der Waals surface area contributed by atoms with Gasteiger partial charge in [0.05, 0.1) is 28.4 Å². The summed E-state index contributed by atoms with van der Waals surface area (Å²) >= 11 is 0. The van der Waals surface area contributed by atoms with Gasteiger partial charge in [-0.05, 0) is 192 Å². The lowest BCUT2D eigenvalue weighted by Gasteiger charge is -2.72. The van der Waals surface area contributed by atoms with E-state index in [1.54, 1.807) is 26.0 Å². The number of aliphatic carboxylic acids is 2. The smallest absolute Gasteiger partial charge is 0.417 e. The summed E-state index contributed by atoms with van der Waals surface area (Å²) in [6, 6.07) is 17.6. The summed E-state index contributed by atoms with van der Waals surface area (Å²) in [7, 11) is -4.30. The number of aliphatic hydroxyl groups is 1. The fraction of sp³-hybridized carbons (Fsp3) is 0.627. The predicted molar refractivity (Wildman–Crippen MR) is 315 cm³/mol. The summed E-state index contributed by atoms with van der Waals surface area (Å²) in [5.74, 6) is -1.40. The number of carbonyl (C=O) groups excluding carboxylic acids is 2. The summed E-state index contributed by atoms with van der Waals surface area (Å²) in [5.41, 5.74) is -0.451. The van der Waals surface area contributed by atoms with Crippen LogP contribution in [-0.4, -0.2) is 64.3 Å². The van der Waals surface area contributed by atoms with Gasteiger partial charge >= 0.3 is 30.1 Å². The third kappa shape index (κ3) is 11.8. The second-order valence-corrected chi connectivity index (χ2v) is 29.4. The first-order valence-electron chi connectivity index (χ1n) is 30.3. The van der Waals surface area contributed by atoms with Crippen LogP contribution in [0.3, 0.4) is 0 Å². The second-order valence-electron chi connectivity index (χ2n) is 27.8. The van der Waals surface area contributed by atoms with Gasteiger partial charge in [0.2, 0.25) is 0 Å². The standard InChI is InChI=1S/C36H56O6.C31H33F3N2O5S/c1-21(2)22-12-17-36(30(40)41)19-18-34(8)23(28(22)36)10-11-25-33(7)15-14-26(42-27(37)20-31(3,4)29(38)39)32(5,6)24(33)13-16-35(25,34)9;1-3-16-30(17-15-21-9-6-5-7-10-21)19-26(37)28(29(38)41-30)25(4-2)22-11-8-12-24(18-22)36-42(39,40)27-14-13-23(20-35-27)31(32,33)34/h22-26,28H,1,10-20H2,2-9H3,(H,38,39)(H,40,41);5-14,18,20,25,36-37H,3-4,15-17,19H2,1-2H3/t22-,23+,24-,25+,26-,28+,33-,34+,35+,36-;25-,30-/m01/s1. The van der Waals surface area contributed by atoms with Crippen molar-refractivity contribution in [2.24, 2.45) is 62.1 Å². The normalized spacial score (nSPS) is 32.2. The number of carbonyl (C=O) groups is 4. The molecule has 5 aliphatic carbocycles. The summed E-state index contributed by atoms with van der Waals surface area (Å²) in [4.78, 5) is 54.4. The van der Waals surface area contributed by atoms with Crippen LogP contribution in [-0.2, 0) is 51.3 Å². The molecule has 3 aromatic rings. The molecule has 4 N–H and O–H groups in total. The number of nitrogens with one attached hydrogen (secondary N) is 1. The fourth-order valence-electron chi connectivity index (χ4n) is 17.7. The Labute approximate surface area is 495 Å². The zero-order valence-corrected chi connectivity index (χ0v) is 51.6. The molecule has 1 aromatic heterocycles. The highest BCUT2D eigenvalue weighted by molar-refractivity contribution is 7.92. The van der Waals surface area contributed by atoms with Crippen molar-refractivity contribution in [3.8, 4) is 0 Å². The Kier molecular flexibility index (Phi) is 18.0. The number of rotatable bonds is 17. The Bertz CT molecular complexity index is 3130. The molecule has 0 bridgehead atoms. The van der Waals surface area contributed by atoms with E-state index in [9.17, 15) is 56.1 Å². The molecule has 0 unspecified atom stereocenters. The van der Waals surface area contributed by atoms with E-state index in [1.165, 1.54) is 12.1 Å². The molecular formula is C67H89F3N2O11S. The third-order valence-electron chi connectivity index (χ3n) is 22.3. The number of hydrogen-bond acceptors (Lipinski definition) is 10. The van der Waals surface area contributed by atoms with Crippen LogP contribution in [0, 0.1) is 62.1 Å². The highest BCUT2D eigenvalue weighted by Crippen LogP contribution is 2.77. The van der Waals surface area contributed by atoms with E-state index in [0.717, 1.165) is 87.8 Å². The number of aromatic nitrogens is 1. The quantitative estimate of drug-likeness (QED) is 0.0736. The number of alkyl halides is 3. The third-order valence-corrected chi connectivity index (χ3v) is 23.6. The van der Waals surface area contributed by atoms with Gasteiger partial charge in [0, 0.05) is 29.6 Å². The number of allylic oxidation sites excluding steroid dienone is 1. The van der Waals surface area contributed by atoms with Crippen LogP contribution in [0.5, 0.6) is 0 Å². The molecule has 13 nitrogen and oxygen atoms in total. The van der Waals surface area contributed by atoms with Crippen LogP contribution in [0.1, 0.15) is 195 Å². The largest absolute Gasteiger partial charge is 0.512 e. The number of cyclic esters (lactones) is 1. The summed E-state index contributed by atoms with van der Waals surface area (Å²) in [6.45, 7) is 25.6. The van der Waals surface area contributed by atoms with E-state index in [4.69, 9.17) is 9.47 Å². The Morgan fingerprint density at radius 2 is 1.56 bits per heavy atom. The van der Waals surface area contributed by atoms with Crippen molar-refractivity contribution in [1.82, 2.24) is 4.98 Å². The van der Waals surface area contributed by atoms with Gasteiger partial charge in [0.25, 0.3) is 10.0 Å². The van der Waals surface area contributed by atoms with Crippen molar-refractivity contribution in [3.05, 3.63) is 113 Å². The number of halogens is 3. The molecule has 17 heteroatoms. The molecule has 5 saturated carbocycles. The number of aryl methyl sites for hydroxylation is 1. The number of nitrogens with zero attached hydrogens (tertiary/aromatic N) is 1. The number of pyridine rings is 1. The molecule has 460 valence electrons. The first-order valence-corrected chi connectivity index (χ1v) is 31.8. The molecular weight excluding hydrogens is 1100 g/mol. The lowest BCUT2D eigenvalue weighted by Crippen LogP contribution is -2.67. The number of anilines is 1. The van der Waals surface area contributed by atoms with Crippen LogP contribution in [0.15, 0.2) is 101 Å². The second kappa shape index (κ2) is 23.5. The average molecular weight is 1190 g/mol. The maximum Gasteiger partial charge on any atom is 0.417 e. The number of fused-ring (bicyclic) bond motifs is 7. The van der Waals surface area contributed by atoms with Crippen LogP contribution in [0.25, 0.3) is 0 Å². The van der Waals surface area contributed by atoms with Crippen LogP contribution >= 0.6 is 0 Å². The van der Waals surface area contributed by atoms with E-state index >= 15 is 0 Å². The molecule has 5 fully saturated rings. The molecule has 2 heterocycles. The van der Waals surface area contributed by atoms with Gasteiger partial charge in [-0.3, -0.25) is 19.1 Å².